The Morgan fingerprint density at radius 1 is 1.14 bits per heavy atom. The molecule has 80 valence electrons. The lowest BCUT2D eigenvalue weighted by atomic mass is 10.3. The zero-order valence-corrected chi connectivity index (χ0v) is 9.63. The van der Waals surface area contributed by atoms with E-state index in [9.17, 15) is 0 Å². The van der Waals surface area contributed by atoms with Gasteiger partial charge in [0.15, 0.2) is 5.65 Å². The fraction of sp³-hybridized carbons (Fsp3) is 0.455. The van der Waals surface area contributed by atoms with Gasteiger partial charge in [-0.15, -0.1) is 0 Å². The summed E-state index contributed by atoms with van der Waals surface area (Å²) < 4.78 is 0. The van der Waals surface area contributed by atoms with Gasteiger partial charge in [-0.25, -0.2) is 9.97 Å². The Morgan fingerprint density at radius 3 is 2.43 bits per heavy atom. The van der Waals surface area contributed by atoms with Crippen LogP contribution in [0.15, 0.2) is 18.6 Å². The van der Waals surface area contributed by atoms with Crippen LogP contribution in [0, 0.1) is 6.92 Å². The topological polar surface area (TPSA) is 41.6 Å². The van der Waals surface area contributed by atoms with Crippen molar-refractivity contribution in [2.24, 2.45) is 0 Å². The predicted octanol–water partition coefficient (Wildman–Crippen LogP) is 3.56. The smallest absolute Gasteiger partial charge is 0.177 e. The molecule has 14 heavy (non-hydrogen) atoms. The Morgan fingerprint density at radius 2 is 1.79 bits per heavy atom. The number of pyridine rings is 1. The second-order valence-electron chi connectivity index (χ2n) is 2.29. The van der Waals surface area contributed by atoms with Gasteiger partial charge in [0.2, 0.25) is 0 Å². The lowest BCUT2D eigenvalue weighted by Gasteiger charge is -1.88. The second kappa shape index (κ2) is 7.06. The maximum Gasteiger partial charge on any atom is 0.177 e. The van der Waals surface area contributed by atoms with Gasteiger partial charge >= 0.3 is 0 Å². The van der Waals surface area contributed by atoms with E-state index in [1.54, 1.807) is 6.33 Å². The number of aryl methyl sites for hydroxylation is 1. The van der Waals surface area contributed by atoms with E-state index in [1.807, 2.05) is 46.9 Å². The first-order valence-electron chi connectivity index (χ1n) is 5.12. The Balaban J connectivity index is 0. The van der Waals surface area contributed by atoms with Gasteiger partial charge in [0.05, 0.1) is 11.8 Å². The number of hydrogen-bond acceptors (Lipinski definition) is 2. The number of H-pyrrole nitrogens is 1. The highest BCUT2D eigenvalue weighted by atomic mass is 14.9. The van der Waals surface area contributed by atoms with Gasteiger partial charge in [-0.05, 0) is 18.6 Å². The fourth-order valence-corrected chi connectivity index (χ4v) is 0.934. The molecule has 0 radical (unpaired) electrons. The van der Waals surface area contributed by atoms with E-state index in [-0.39, 0.29) is 1.43 Å². The Labute approximate surface area is 87.1 Å². The van der Waals surface area contributed by atoms with Crippen LogP contribution in [0.5, 0.6) is 0 Å². The van der Waals surface area contributed by atoms with Crippen LogP contribution in [0.25, 0.3) is 11.2 Å². The van der Waals surface area contributed by atoms with E-state index in [1.165, 1.54) is 0 Å². The van der Waals surface area contributed by atoms with Gasteiger partial charge in [0.25, 0.3) is 0 Å². The average molecular weight is 195 g/mol. The van der Waals surface area contributed by atoms with Crippen molar-refractivity contribution in [2.45, 2.75) is 34.6 Å². The van der Waals surface area contributed by atoms with Crippen LogP contribution >= 0.6 is 0 Å². The average Bonchev–Trinajstić information content (AvgIpc) is 2.71. The highest BCUT2D eigenvalue weighted by molar-refractivity contribution is 5.69. The molecule has 2 aromatic rings. The maximum atomic E-state index is 4.10. The number of nitrogens with one attached hydrogen (secondary N) is 1. The molecule has 0 atom stereocenters. The highest BCUT2D eigenvalue weighted by Gasteiger charge is 1.94. The number of aromatic nitrogens is 3. The Kier molecular flexibility index (Phi) is 6.37. The van der Waals surface area contributed by atoms with Gasteiger partial charge in [0.1, 0.15) is 0 Å². The first kappa shape index (κ1) is 12.6. The second-order valence-corrected chi connectivity index (χ2v) is 2.29. The summed E-state index contributed by atoms with van der Waals surface area (Å²) in [6, 6.07) is 2.02. The van der Waals surface area contributed by atoms with E-state index >= 15 is 0 Å². The Bertz CT molecular complexity index is 357. The van der Waals surface area contributed by atoms with Crippen LogP contribution in [-0.4, -0.2) is 15.0 Å². The van der Waals surface area contributed by atoms with E-state index in [0.717, 1.165) is 16.7 Å². The number of hydrogen-bond donors (Lipinski definition) is 1. The zero-order chi connectivity index (χ0) is 11.0. The molecule has 2 heterocycles. The summed E-state index contributed by atoms with van der Waals surface area (Å²) in [5.41, 5.74) is 2.93. The predicted molar refractivity (Wildman–Crippen MR) is 63.4 cm³/mol. The van der Waals surface area contributed by atoms with Crippen molar-refractivity contribution >= 4 is 11.2 Å². The van der Waals surface area contributed by atoms with Crippen LogP contribution in [0.4, 0.5) is 0 Å². The van der Waals surface area contributed by atoms with Crippen molar-refractivity contribution in [2.75, 3.05) is 0 Å². The molecule has 0 saturated carbocycles. The van der Waals surface area contributed by atoms with E-state index in [4.69, 9.17) is 0 Å². The maximum absolute atomic E-state index is 4.10. The molecule has 0 amide bonds. The first-order valence-corrected chi connectivity index (χ1v) is 5.12. The molecule has 0 aliphatic carbocycles. The molecule has 3 heteroatoms. The summed E-state index contributed by atoms with van der Waals surface area (Å²) in [5.74, 6) is 0. The van der Waals surface area contributed by atoms with Gasteiger partial charge in [0, 0.05) is 7.62 Å². The van der Waals surface area contributed by atoms with Gasteiger partial charge in [-0.2, -0.15) is 0 Å². The standard InChI is InChI=1S/C7H7N3.2C2H6.H2/c1-5-2-6-7(8-3-5)10-4-9-6;2*1-2;/h2-4H,1H3,(H,8,9,10);2*1-2H3;1H. The van der Waals surface area contributed by atoms with E-state index in [0.29, 0.717) is 0 Å². The van der Waals surface area contributed by atoms with E-state index in [2.05, 4.69) is 15.0 Å². The minimum Gasteiger partial charge on any atom is -0.343 e. The van der Waals surface area contributed by atoms with Crippen molar-refractivity contribution in [3.05, 3.63) is 24.2 Å². The molecule has 2 aromatic heterocycles. The third-order valence-corrected chi connectivity index (χ3v) is 1.41. The van der Waals surface area contributed by atoms with Crippen molar-refractivity contribution in [3.63, 3.8) is 0 Å². The van der Waals surface area contributed by atoms with Gasteiger partial charge < -0.3 is 4.98 Å². The number of rotatable bonds is 0. The molecule has 0 bridgehead atoms. The molecule has 0 spiro atoms. The number of aromatic amines is 1. The van der Waals surface area contributed by atoms with Crippen molar-refractivity contribution in [1.29, 1.82) is 0 Å². The molecule has 2 rings (SSSR count). The summed E-state index contributed by atoms with van der Waals surface area (Å²) in [5, 5.41) is 0. The first-order chi connectivity index (χ1) is 6.86. The van der Waals surface area contributed by atoms with E-state index < -0.39 is 0 Å². The molecule has 0 fully saturated rings. The number of fused-ring (bicyclic) bond motifs is 1. The van der Waals surface area contributed by atoms with Gasteiger partial charge in [-0.3, -0.25) is 0 Å². The minimum atomic E-state index is 0. The fourth-order valence-electron chi connectivity index (χ4n) is 0.934. The molecule has 1 N–H and O–H groups in total. The monoisotopic (exact) mass is 195 g/mol. The number of imidazole rings is 1. The Hall–Kier alpha value is -1.38. The molecule has 0 saturated heterocycles. The normalized spacial score (nSPS) is 8.36. The number of nitrogens with zero attached hydrogens (tertiary/aromatic N) is 2. The SMILES string of the molecule is CC.CC.Cc1cnc2nc[nH]c2c1.[HH]. The molecule has 0 aliphatic heterocycles. The summed E-state index contributed by atoms with van der Waals surface area (Å²) in [6.45, 7) is 10.0. The lowest BCUT2D eigenvalue weighted by molar-refractivity contribution is 1.28. The van der Waals surface area contributed by atoms with Gasteiger partial charge in [-0.1, -0.05) is 27.7 Å². The summed E-state index contributed by atoms with van der Waals surface area (Å²) in [7, 11) is 0. The van der Waals surface area contributed by atoms with Crippen molar-refractivity contribution < 1.29 is 1.43 Å². The summed E-state index contributed by atoms with van der Waals surface area (Å²) >= 11 is 0. The molecule has 3 nitrogen and oxygen atoms in total. The van der Waals surface area contributed by atoms with Crippen LogP contribution in [0.1, 0.15) is 34.7 Å². The van der Waals surface area contributed by atoms with Crippen LogP contribution in [-0.2, 0) is 0 Å². The molecular weight excluding hydrogens is 174 g/mol. The summed E-state index contributed by atoms with van der Waals surface area (Å²) in [6.07, 6.45) is 3.46. The molecule has 0 aromatic carbocycles. The lowest BCUT2D eigenvalue weighted by Crippen LogP contribution is -1.77. The quantitative estimate of drug-likeness (QED) is 0.698. The summed E-state index contributed by atoms with van der Waals surface area (Å²) in [4.78, 5) is 11.1. The highest BCUT2D eigenvalue weighted by Crippen LogP contribution is 2.06. The van der Waals surface area contributed by atoms with Crippen LogP contribution < -0.4 is 0 Å². The molecule has 0 unspecified atom stereocenters. The third-order valence-electron chi connectivity index (χ3n) is 1.41. The van der Waals surface area contributed by atoms with Crippen molar-refractivity contribution in [1.82, 2.24) is 15.0 Å². The van der Waals surface area contributed by atoms with Crippen molar-refractivity contribution in [3.8, 4) is 0 Å². The van der Waals surface area contributed by atoms with Crippen LogP contribution in [0.2, 0.25) is 0 Å². The van der Waals surface area contributed by atoms with Crippen LogP contribution in [0.3, 0.4) is 0 Å². The molecular formula is C11H21N3. The third kappa shape index (κ3) is 3.17. The molecule has 0 aliphatic rings. The minimum absolute atomic E-state index is 0. The zero-order valence-electron chi connectivity index (χ0n) is 9.63. The largest absolute Gasteiger partial charge is 0.343 e.